The fraction of sp³-hybridized carbons (Fsp3) is 0.870. The van der Waals surface area contributed by atoms with Crippen molar-refractivity contribution >= 4 is 5.78 Å². The Morgan fingerprint density at radius 2 is 1.92 bits per heavy atom. The molecule has 0 unspecified atom stereocenters. The van der Waals surface area contributed by atoms with Crippen molar-refractivity contribution in [3.63, 3.8) is 0 Å². The molecule has 3 fully saturated rings. The molecule has 4 rings (SSSR count). The number of hydrogen-bond donors (Lipinski definition) is 1. The Balaban J connectivity index is 1.62. The van der Waals surface area contributed by atoms with Gasteiger partial charge in [0.1, 0.15) is 5.78 Å². The molecule has 0 saturated heterocycles. The van der Waals surface area contributed by atoms with Gasteiger partial charge in [0.2, 0.25) is 0 Å². The second kappa shape index (κ2) is 6.44. The van der Waals surface area contributed by atoms with Crippen LogP contribution in [0.5, 0.6) is 0 Å². The van der Waals surface area contributed by atoms with Crippen LogP contribution >= 0.6 is 0 Å². The van der Waals surface area contributed by atoms with Gasteiger partial charge in [-0.25, -0.2) is 0 Å². The molecule has 146 valence electrons. The Kier molecular flexibility index (Phi) is 4.63. The molecule has 0 bridgehead atoms. The van der Waals surface area contributed by atoms with Crippen LogP contribution in [0.15, 0.2) is 11.6 Å². The van der Waals surface area contributed by atoms with Crippen molar-refractivity contribution in [3.8, 4) is 0 Å². The highest BCUT2D eigenvalue weighted by molar-refractivity contribution is 5.87. The predicted molar refractivity (Wildman–Crippen MR) is 103 cm³/mol. The quantitative estimate of drug-likeness (QED) is 0.744. The van der Waals surface area contributed by atoms with Gasteiger partial charge in [-0.05, 0) is 75.5 Å². The topological polar surface area (TPSA) is 46.5 Å². The van der Waals surface area contributed by atoms with E-state index in [-0.39, 0.29) is 17.6 Å². The zero-order chi connectivity index (χ0) is 18.7. The average molecular weight is 361 g/mol. The first-order valence-electron chi connectivity index (χ1n) is 10.8. The van der Waals surface area contributed by atoms with Gasteiger partial charge in [-0.2, -0.15) is 0 Å². The number of rotatable bonds is 3. The SMILES string of the molecule is C[C@H](O)[C@H](C)O[C@@H]1CCC[C@]2(C)[C@@H]3CC[C@]4(C)C(=O)CC[C@H]4C3=CC[C@@H]12. The van der Waals surface area contributed by atoms with E-state index in [4.69, 9.17) is 4.74 Å². The highest BCUT2D eigenvalue weighted by Crippen LogP contribution is 2.63. The lowest BCUT2D eigenvalue weighted by molar-refractivity contribution is -0.141. The number of ketones is 1. The number of aliphatic hydroxyl groups is 1. The number of ether oxygens (including phenoxy) is 1. The van der Waals surface area contributed by atoms with Crippen LogP contribution < -0.4 is 0 Å². The molecule has 0 amide bonds. The van der Waals surface area contributed by atoms with Crippen molar-refractivity contribution in [2.75, 3.05) is 0 Å². The number of fused-ring (bicyclic) bond motifs is 5. The zero-order valence-electron chi connectivity index (χ0n) is 17.0. The third-order valence-electron chi connectivity index (χ3n) is 8.80. The molecule has 0 aromatic rings. The molecule has 4 aliphatic carbocycles. The zero-order valence-corrected chi connectivity index (χ0v) is 17.0. The minimum Gasteiger partial charge on any atom is -0.391 e. The van der Waals surface area contributed by atoms with Crippen molar-refractivity contribution < 1.29 is 14.6 Å². The largest absolute Gasteiger partial charge is 0.391 e. The van der Waals surface area contributed by atoms with Crippen LogP contribution in [-0.2, 0) is 9.53 Å². The molecule has 0 spiro atoms. The highest BCUT2D eigenvalue weighted by Gasteiger charge is 2.58. The second-order valence-electron chi connectivity index (χ2n) is 10.1. The molecule has 3 heteroatoms. The molecule has 3 saturated carbocycles. The van der Waals surface area contributed by atoms with E-state index < -0.39 is 6.10 Å². The van der Waals surface area contributed by atoms with Crippen LogP contribution in [0.25, 0.3) is 0 Å². The van der Waals surface area contributed by atoms with E-state index in [1.165, 1.54) is 12.8 Å². The first kappa shape index (κ1) is 18.7. The van der Waals surface area contributed by atoms with Gasteiger partial charge >= 0.3 is 0 Å². The van der Waals surface area contributed by atoms with Crippen LogP contribution in [0.2, 0.25) is 0 Å². The lowest BCUT2D eigenvalue weighted by Crippen LogP contribution is -2.52. The molecule has 8 atom stereocenters. The minimum absolute atomic E-state index is 0.0864. The molecule has 3 nitrogen and oxygen atoms in total. The van der Waals surface area contributed by atoms with E-state index in [2.05, 4.69) is 19.9 Å². The number of carbonyl (C=O) groups excluding carboxylic acids is 1. The van der Waals surface area contributed by atoms with Crippen LogP contribution in [0.4, 0.5) is 0 Å². The third kappa shape index (κ3) is 2.64. The summed E-state index contributed by atoms with van der Waals surface area (Å²) in [5.74, 6) is 2.17. The fourth-order valence-corrected chi connectivity index (χ4v) is 6.94. The number of allylic oxidation sites excluding steroid dienone is 2. The summed E-state index contributed by atoms with van der Waals surface area (Å²) >= 11 is 0. The summed E-state index contributed by atoms with van der Waals surface area (Å²) in [4.78, 5) is 12.5. The van der Waals surface area contributed by atoms with Gasteiger partial charge in [-0.3, -0.25) is 4.79 Å². The molecule has 0 heterocycles. The van der Waals surface area contributed by atoms with Crippen LogP contribution in [0.1, 0.15) is 79.1 Å². The van der Waals surface area contributed by atoms with E-state index >= 15 is 0 Å². The summed E-state index contributed by atoms with van der Waals surface area (Å²) in [6, 6.07) is 0. The normalized spacial score (nSPS) is 47.4. The molecule has 0 radical (unpaired) electrons. The number of hydrogen-bond acceptors (Lipinski definition) is 3. The average Bonchev–Trinajstić information content (AvgIpc) is 2.89. The Labute approximate surface area is 158 Å². The van der Waals surface area contributed by atoms with Crippen LogP contribution in [-0.4, -0.2) is 29.2 Å². The smallest absolute Gasteiger partial charge is 0.139 e. The predicted octanol–water partition coefficient (Wildman–Crippen LogP) is 4.67. The Hall–Kier alpha value is -0.670. The van der Waals surface area contributed by atoms with Crippen LogP contribution in [0, 0.1) is 28.6 Å². The Bertz CT molecular complexity index is 609. The first-order valence-corrected chi connectivity index (χ1v) is 10.8. The summed E-state index contributed by atoms with van der Waals surface area (Å²) in [5, 5.41) is 9.89. The van der Waals surface area contributed by atoms with Gasteiger partial charge in [0.05, 0.1) is 18.3 Å². The maximum atomic E-state index is 12.5. The minimum atomic E-state index is -0.419. The lowest BCUT2D eigenvalue weighted by atomic mass is 9.48. The van der Waals surface area contributed by atoms with Gasteiger partial charge in [-0.15, -0.1) is 0 Å². The van der Waals surface area contributed by atoms with Crippen molar-refractivity contribution in [2.24, 2.45) is 28.6 Å². The number of aliphatic hydroxyl groups excluding tert-OH is 1. The maximum absolute atomic E-state index is 12.5. The maximum Gasteiger partial charge on any atom is 0.139 e. The van der Waals surface area contributed by atoms with Gasteiger partial charge in [-0.1, -0.05) is 31.9 Å². The van der Waals surface area contributed by atoms with Gasteiger partial charge < -0.3 is 9.84 Å². The Morgan fingerprint density at radius 3 is 2.65 bits per heavy atom. The van der Waals surface area contributed by atoms with Crippen molar-refractivity contribution in [1.82, 2.24) is 0 Å². The molecule has 0 aromatic heterocycles. The number of Topliss-reactive ketones (excluding diaryl/α,β-unsaturated/α-hetero) is 1. The Morgan fingerprint density at radius 1 is 1.15 bits per heavy atom. The lowest BCUT2D eigenvalue weighted by Gasteiger charge is -2.57. The molecule has 26 heavy (non-hydrogen) atoms. The van der Waals surface area contributed by atoms with Gasteiger partial charge in [0.15, 0.2) is 0 Å². The monoisotopic (exact) mass is 360 g/mol. The van der Waals surface area contributed by atoms with E-state index in [0.29, 0.717) is 29.0 Å². The van der Waals surface area contributed by atoms with E-state index in [1.54, 1.807) is 5.57 Å². The fourth-order valence-electron chi connectivity index (χ4n) is 6.94. The van der Waals surface area contributed by atoms with Gasteiger partial charge in [0.25, 0.3) is 0 Å². The summed E-state index contributed by atoms with van der Waals surface area (Å²) in [7, 11) is 0. The number of carbonyl (C=O) groups is 1. The van der Waals surface area contributed by atoms with Crippen molar-refractivity contribution in [2.45, 2.75) is 97.4 Å². The molecule has 4 aliphatic rings. The first-order chi connectivity index (χ1) is 12.3. The van der Waals surface area contributed by atoms with Crippen LogP contribution in [0.3, 0.4) is 0 Å². The molecular weight excluding hydrogens is 324 g/mol. The van der Waals surface area contributed by atoms with E-state index in [1.807, 2.05) is 13.8 Å². The van der Waals surface area contributed by atoms with Gasteiger partial charge in [0, 0.05) is 11.8 Å². The van der Waals surface area contributed by atoms with Crippen molar-refractivity contribution in [3.05, 3.63) is 11.6 Å². The summed E-state index contributed by atoms with van der Waals surface area (Å²) in [6.07, 6.45) is 11.0. The van der Waals surface area contributed by atoms with E-state index in [0.717, 1.165) is 38.5 Å². The molecule has 1 N–H and O–H groups in total. The summed E-state index contributed by atoms with van der Waals surface area (Å²) < 4.78 is 6.36. The third-order valence-corrected chi connectivity index (χ3v) is 8.80. The molecular formula is C23H36O3. The molecule has 0 aromatic carbocycles. The van der Waals surface area contributed by atoms with Crippen molar-refractivity contribution in [1.29, 1.82) is 0 Å². The summed E-state index contributed by atoms with van der Waals surface area (Å²) in [6.45, 7) is 8.55. The standard InChI is InChI=1S/C23H36O3/c1-14(24)15(2)26-20-6-5-12-22(3)18-11-13-23(4)17(9-10-21(23)25)16(18)7-8-19(20)22/h7,14-15,17-20,24H,5-6,8-13H2,1-4H3/t14-,15-,17-,18+,19-,20+,22+,23-/m0/s1. The highest BCUT2D eigenvalue weighted by atomic mass is 16.5. The van der Waals surface area contributed by atoms with E-state index in [9.17, 15) is 9.90 Å². The second-order valence-corrected chi connectivity index (χ2v) is 10.1. The molecule has 0 aliphatic heterocycles. The summed E-state index contributed by atoms with van der Waals surface area (Å²) in [5.41, 5.74) is 1.82.